The van der Waals surface area contributed by atoms with Crippen LogP contribution in [0.1, 0.15) is 45.3 Å². The largest absolute Gasteiger partial charge is 0.497 e. The van der Waals surface area contributed by atoms with Gasteiger partial charge in [-0.1, -0.05) is 90.5 Å². The molecule has 1 amide bonds. The minimum Gasteiger partial charge on any atom is -0.497 e. The van der Waals surface area contributed by atoms with Crippen LogP contribution in [0.25, 0.3) is 11.1 Å². The number of fused-ring (bicyclic) bond motifs is 3. The molecule has 0 saturated carbocycles. The first-order valence-corrected chi connectivity index (χ1v) is 14.7. The number of nitrogens with one attached hydrogen (secondary N) is 1. The van der Waals surface area contributed by atoms with Crippen LogP contribution < -0.4 is 19.5 Å². The second kappa shape index (κ2) is 13.0. The van der Waals surface area contributed by atoms with Crippen LogP contribution in [0.4, 0.5) is 4.79 Å². The Morgan fingerprint density at radius 3 is 2.02 bits per heavy atom. The molecule has 44 heavy (non-hydrogen) atoms. The van der Waals surface area contributed by atoms with Gasteiger partial charge >= 0.3 is 6.09 Å². The van der Waals surface area contributed by atoms with Crippen molar-refractivity contribution in [1.82, 2.24) is 5.32 Å². The van der Waals surface area contributed by atoms with Crippen molar-refractivity contribution in [3.05, 3.63) is 149 Å². The van der Waals surface area contributed by atoms with Crippen molar-refractivity contribution in [2.24, 2.45) is 0 Å². The summed E-state index contributed by atoms with van der Waals surface area (Å²) < 4.78 is 23.1. The van der Waals surface area contributed by atoms with Crippen molar-refractivity contribution >= 4 is 6.09 Å². The van der Waals surface area contributed by atoms with Gasteiger partial charge in [0.05, 0.1) is 20.3 Å². The molecule has 222 valence electrons. The highest BCUT2D eigenvalue weighted by Crippen LogP contribution is 2.44. The molecule has 0 saturated heterocycles. The molecule has 1 aliphatic rings. The molecule has 6 nitrogen and oxygen atoms in total. The molecule has 0 fully saturated rings. The SMILES string of the molecule is COc1ccc(C(NC(=O)OCC2c3ccccc3-c3ccccc32)c2ccc(OCc3ccc(C)cc3)cc2)c(OC)c1. The van der Waals surface area contributed by atoms with Gasteiger partial charge in [-0.15, -0.1) is 0 Å². The topological polar surface area (TPSA) is 66.0 Å². The van der Waals surface area contributed by atoms with Crippen molar-refractivity contribution in [3.63, 3.8) is 0 Å². The number of benzene rings is 5. The summed E-state index contributed by atoms with van der Waals surface area (Å²) in [5.74, 6) is 1.95. The number of hydrogen-bond acceptors (Lipinski definition) is 5. The molecule has 0 radical (unpaired) electrons. The van der Waals surface area contributed by atoms with Gasteiger partial charge in [-0.05, 0) is 64.6 Å². The molecule has 1 N–H and O–H groups in total. The second-order valence-corrected chi connectivity index (χ2v) is 10.9. The molecule has 5 aromatic carbocycles. The van der Waals surface area contributed by atoms with Crippen LogP contribution in [0.2, 0.25) is 0 Å². The predicted octanol–water partition coefficient (Wildman–Crippen LogP) is 8.22. The average Bonchev–Trinajstić information content (AvgIpc) is 3.39. The smallest absolute Gasteiger partial charge is 0.407 e. The Morgan fingerprint density at radius 1 is 0.750 bits per heavy atom. The molecule has 1 atom stereocenters. The molecule has 0 aliphatic heterocycles. The quantitative estimate of drug-likeness (QED) is 0.179. The summed E-state index contributed by atoms with van der Waals surface area (Å²) in [6.07, 6.45) is -0.519. The van der Waals surface area contributed by atoms with Crippen LogP contribution in [-0.2, 0) is 11.3 Å². The van der Waals surface area contributed by atoms with Crippen LogP contribution in [0.5, 0.6) is 17.2 Å². The summed E-state index contributed by atoms with van der Waals surface area (Å²) in [7, 11) is 3.21. The van der Waals surface area contributed by atoms with E-state index in [0.717, 1.165) is 33.6 Å². The minimum atomic E-state index is -0.544. The van der Waals surface area contributed by atoms with Gasteiger partial charge in [0.25, 0.3) is 0 Å². The molecule has 0 aromatic heterocycles. The van der Waals surface area contributed by atoms with E-state index in [1.165, 1.54) is 16.7 Å². The fourth-order valence-electron chi connectivity index (χ4n) is 5.76. The number of ether oxygens (including phenoxy) is 4. The van der Waals surface area contributed by atoms with Crippen molar-refractivity contribution < 1.29 is 23.7 Å². The van der Waals surface area contributed by atoms with Gasteiger partial charge in [0, 0.05) is 17.5 Å². The first-order chi connectivity index (χ1) is 21.5. The molecular formula is C38H35NO5. The van der Waals surface area contributed by atoms with Crippen LogP contribution in [-0.4, -0.2) is 26.9 Å². The van der Waals surface area contributed by atoms with Crippen LogP contribution in [0.3, 0.4) is 0 Å². The lowest BCUT2D eigenvalue weighted by Gasteiger charge is -2.23. The van der Waals surface area contributed by atoms with E-state index >= 15 is 0 Å². The van der Waals surface area contributed by atoms with Crippen LogP contribution in [0, 0.1) is 6.92 Å². The highest BCUT2D eigenvalue weighted by molar-refractivity contribution is 5.79. The lowest BCUT2D eigenvalue weighted by atomic mass is 9.97. The van der Waals surface area contributed by atoms with Gasteiger partial charge in [-0.25, -0.2) is 4.79 Å². The Hall–Kier alpha value is -5.23. The molecule has 6 heteroatoms. The third-order valence-electron chi connectivity index (χ3n) is 8.10. The molecule has 1 aliphatic carbocycles. The van der Waals surface area contributed by atoms with Crippen molar-refractivity contribution in [2.75, 3.05) is 20.8 Å². The van der Waals surface area contributed by atoms with Gasteiger partial charge in [0.1, 0.15) is 30.5 Å². The summed E-state index contributed by atoms with van der Waals surface area (Å²) in [5, 5.41) is 3.09. The standard InChI is InChI=1S/C38H35NO5/c1-25-12-14-26(15-13-25)23-43-28-18-16-27(17-19-28)37(34-21-20-29(41-2)22-36(34)42-3)39-38(40)44-24-35-32-10-6-4-8-30(32)31-9-5-7-11-33(31)35/h4-22,35,37H,23-24H2,1-3H3,(H,39,40). The first kappa shape index (κ1) is 28.9. The summed E-state index contributed by atoms with van der Waals surface area (Å²) in [6.45, 7) is 2.75. The lowest BCUT2D eigenvalue weighted by molar-refractivity contribution is 0.140. The molecule has 1 unspecified atom stereocenters. The van der Waals surface area contributed by atoms with Gasteiger partial charge in [-0.3, -0.25) is 0 Å². The highest BCUT2D eigenvalue weighted by Gasteiger charge is 2.30. The van der Waals surface area contributed by atoms with E-state index in [4.69, 9.17) is 18.9 Å². The summed E-state index contributed by atoms with van der Waals surface area (Å²) in [5.41, 5.74) is 8.62. The number of carbonyl (C=O) groups is 1. The summed E-state index contributed by atoms with van der Waals surface area (Å²) >= 11 is 0. The number of carbonyl (C=O) groups excluding carboxylic acids is 1. The van der Waals surface area contributed by atoms with E-state index in [0.29, 0.717) is 18.1 Å². The summed E-state index contributed by atoms with van der Waals surface area (Å²) in [4.78, 5) is 13.4. The monoisotopic (exact) mass is 585 g/mol. The van der Waals surface area contributed by atoms with Crippen molar-refractivity contribution in [2.45, 2.75) is 25.5 Å². The van der Waals surface area contributed by atoms with E-state index < -0.39 is 12.1 Å². The Balaban J connectivity index is 1.21. The molecule has 0 spiro atoms. The second-order valence-electron chi connectivity index (χ2n) is 10.9. The Kier molecular flexibility index (Phi) is 8.50. The van der Waals surface area contributed by atoms with E-state index in [-0.39, 0.29) is 12.5 Å². The molecular weight excluding hydrogens is 550 g/mol. The van der Waals surface area contributed by atoms with Gasteiger partial charge in [0.2, 0.25) is 0 Å². The van der Waals surface area contributed by atoms with E-state index in [9.17, 15) is 4.79 Å². The lowest BCUT2D eigenvalue weighted by Crippen LogP contribution is -2.31. The maximum absolute atomic E-state index is 13.4. The van der Waals surface area contributed by atoms with Crippen molar-refractivity contribution in [1.29, 1.82) is 0 Å². The number of hydrogen-bond donors (Lipinski definition) is 1. The van der Waals surface area contributed by atoms with Crippen LogP contribution >= 0.6 is 0 Å². The number of methoxy groups -OCH3 is 2. The number of alkyl carbamates (subject to hydrolysis) is 1. The summed E-state index contributed by atoms with van der Waals surface area (Å²) in [6, 6.07) is 37.6. The Bertz CT molecular complexity index is 1700. The number of amides is 1. The zero-order valence-electron chi connectivity index (χ0n) is 25.1. The van der Waals surface area contributed by atoms with Gasteiger partial charge < -0.3 is 24.3 Å². The zero-order chi connectivity index (χ0) is 30.5. The highest BCUT2D eigenvalue weighted by atomic mass is 16.5. The molecule has 6 rings (SSSR count). The van der Waals surface area contributed by atoms with Gasteiger partial charge in [-0.2, -0.15) is 0 Å². The third-order valence-corrected chi connectivity index (χ3v) is 8.10. The molecule has 0 bridgehead atoms. The number of rotatable bonds is 10. The first-order valence-electron chi connectivity index (χ1n) is 14.7. The average molecular weight is 586 g/mol. The Labute approximate surface area is 258 Å². The van der Waals surface area contributed by atoms with E-state index in [1.807, 2.05) is 60.7 Å². The molecule has 0 heterocycles. The number of aryl methyl sites for hydroxylation is 1. The minimum absolute atomic E-state index is 0.0351. The predicted molar refractivity (Wildman–Crippen MR) is 172 cm³/mol. The zero-order valence-corrected chi connectivity index (χ0v) is 25.1. The third kappa shape index (κ3) is 6.11. The normalized spacial score (nSPS) is 12.5. The van der Waals surface area contributed by atoms with Crippen LogP contribution in [0.15, 0.2) is 115 Å². The van der Waals surface area contributed by atoms with E-state index in [2.05, 4.69) is 60.8 Å². The fraction of sp³-hybridized carbons (Fsp3) is 0.184. The maximum Gasteiger partial charge on any atom is 0.407 e. The van der Waals surface area contributed by atoms with Gasteiger partial charge in [0.15, 0.2) is 0 Å². The maximum atomic E-state index is 13.4. The Morgan fingerprint density at radius 2 is 1.39 bits per heavy atom. The molecule has 5 aromatic rings. The van der Waals surface area contributed by atoms with E-state index in [1.54, 1.807) is 20.3 Å². The van der Waals surface area contributed by atoms with Crippen molar-refractivity contribution in [3.8, 4) is 28.4 Å². The fourth-order valence-corrected chi connectivity index (χ4v) is 5.76.